The topological polar surface area (TPSA) is 46.9 Å². The van der Waals surface area contributed by atoms with Gasteiger partial charge in [-0.05, 0) is 18.9 Å². The molecule has 1 aromatic heterocycles. The number of nitrogens with one attached hydrogen (secondary N) is 1. The number of aromatic nitrogens is 2. The second-order valence-corrected chi connectivity index (χ2v) is 7.35. The molecule has 2 aromatic carbocycles. The molecule has 1 atom stereocenters. The molecule has 0 saturated heterocycles. The molecule has 4 rings (SSSR count). The zero-order chi connectivity index (χ0) is 20.9. The molecule has 4 nitrogen and oxygen atoms in total. The summed E-state index contributed by atoms with van der Waals surface area (Å²) in [6, 6.07) is 19.7. The molecule has 150 valence electrons. The molecule has 0 aliphatic heterocycles. The van der Waals surface area contributed by atoms with Crippen molar-refractivity contribution in [3.8, 4) is 11.3 Å². The van der Waals surface area contributed by atoms with E-state index < -0.39 is 0 Å². The van der Waals surface area contributed by atoms with Crippen molar-refractivity contribution >= 4 is 11.5 Å². The van der Waals surface area contributed by atoms with Crippen molar-refractivity contribution in [3.63, 3.8) is 0 Å². The molecule has 0 radical (unpaired) electrons. The third-order valence-corrected chi connectivity index (χ3v) is 5.24. The number of nitrogens with zero attached hydrogens (tertiary/aromatic N) is 2. The molecule has 1 N–H and O–H groups in total. The maximum Gasteiger partial charge on any atom is 0.270 e. The first-order valence-electron chi connectivity index (χ1n) is 10.2. The van der Waals surface area contributed by atoms with Crippen LogP contribution in [0.5, 0.6) is 0 Å². The molecule has 1 aliphatic rings. The predicted molar refractivity (Wildman–Crippen MR) is 122 cm³/mol. The van der Waals surface area contributed by atoms with Gasteiger partial charge in [0.1, 0.15) is 17.2 Å². The van der Waals surface area contributed by atoms with Gasteiger partial charge in [-0.3, -0.25) is 4.79 Å². The summed E-state index contributed by atoms with van der Waals surface area (Å²) in [4.78, 5) is 18.3. The maximum absolute atomic E-state index is 13.4. The Bertz CT molecular complexity index is 1120. The Hall–Kier alpha value is -3.66. The monoisotopic (exact) mass is 395 g/mol. The van der Waals surface area contributed by atoms with Crippen LogP contribution in [0.1, 0.15) is 41.3 Å². The van der Waals surface area contributed by atoms with E-state index in [1.807, 2.05) is 91.4 Å². The van der Waals surface area contributed by atoms with Crippen molar-refractivity contribution in [3.05, 3.63) is 108 Å². The quantitative estimate of drug-likeness (QED) is 0.622. The molecule has 0 unspecified atom stereocenters. The fourth-order valence-corrected chi connectivity index (χ4v) is 3.63. The molecule has 0 fully saturated rings. The summed E-state index contributed by atoms with van der Waals surface area (Å²) in [7, 11) is 1.90. The first-order chi connectivity index (χ1) is 14.6. The summed E-state index contributed by atoms with van der Waals surface area (Å²) in [6.45, 7) is 1.99. The molecular formula is C26H25N3O. The van der Waals surface area contributed by atoms with E-state index in [1.54, 1.807) is 0 Å². The number of carbonyl (C=O) groups is 1. The number of benzene rings is 2. The Morgan fingerprint density at radius 2 is 1.73 bits per heavy atom. The molecule has 0 spiro atoms. The summed E-state index contributed by atoms with van der Waals surface area (Å²) in [6.07, 6.45) is 11.2. The summed E-state index contributed by atoms with van der Waals surface area (Å²) >= 11 is 0. The number of allylic oxidation sites excluding steroid dienone is 6. The van der Waals surface area contributed by atoms with Crippen LogP contribution in [0.4, 0.5) is 0 Å². The van der Waals surface area contributed by atoms with Crippen molar-refractivity contribution in [2.24, 2.45) is 7.05 Å². The van der Waals surface area contributed by atoms with E-state index in [9.17, 15) is 4.79 Å². The number of hydrogen-bond acceptors (Lipinski definition) is 2. The van der Waals surface area contributed by atoms with Crippen LogP contribution in [0, 0.1) is 0 Å². The lowest BCUT2D eigenvalue weighted by Crippen LogP contribution is -2.29. The van der Waals surface area contributed by atoms with Gasteiger partial charge in [-0.15, -0.1) is 0 Å². The fourth-order valence-electron chi connectivity index (χ4n) is 3.63. The van der Waals surface area contributed by atoms with Gasteiger partial charge in [0, 0.05) is 18.2 Å². The highest BCUT2D eigenvalue weighted by Gasteiger charge is 2.24. The first kappa shape index (κ1) is 19.6. The first-order valence-corrected chi connectivity index (χ1v) is 10.2. The summed E-state index contributed by atoms with van der Waals surface area (Å²) in [5.41, 5.74) is 4.22. The number of imidazole rings is 1. The van der Waals surface area contributed by atoms with E-state index in [4.69, 9.17) is 4.98 Å². The van der Waals surface area contributed by atoms with Crippen LogP contribution < -0.4 is 5.32 Å². The Balaban J connectivity index is 1.76. The standard InChI is InChI=1S/C26H25N3O/c1-19(20-13-9-5-10-14-20)27-26(30)24-23(21-15-11-6-12-16-21)28-25(29(24)2)22-17-7-3-4-8-18-22/h3,5-19H,4H2,1-2H3,(H,27,30)/t19-/m0/s1. The lowest BCUT2D eigenvalue weighted by molar-refractivity contribution is 0.0932. The van der Waals surface area contributed by atoms with E-state index >= 15 is 0 Å². The third kappa shape index (κ3) is 4.03. The Morgan fingerprint density at radius 3 is 2.47 bits per heavy atom. The molecule has 4 heteroatoms. The van der Waals surface area contributed by atoms with Gasteiger partial charge in [-0.25, -0.2) is 4.98 Å². The predicted octanol–water partition coefficient (Wildman–Crippen LogP) is 5.48. The number of hydrogen-bond donors (Lipinski definition) is 1. The van der Waals surface area contributed by atoms with Gasteiger partial charge in [0.05, 0.1) is 6.04 Å². The van der Waals surface area contributed by atoms with Crippen molar-refractivity contribution in [1.29, 1.82) is 0 Å². The SMILES string of the molecule is C[C@H](NC(=O)c1c(-c2ccccc2)nc(C2=CC=CCC=C2)n1C)c1ccccc1. The highest BCUT2D eigenvalue weighted by Crippen LogP contribution is 2.28. The Labute approximate surface area is 177 Å². The molecule has 0 bridgehead atoms. The molecule has 3 aromatic rings. The summed E-state index contributed by atoms with van der Waals surface area (Å²) < 4.78 is 1.89. The van der Waals surface area contributed by atoms with E-state index in [-0.39, 0.29) is 11.9 Å². The van der Waals surface area contributed by atoms with Crippen LogP contribution in [0.15, 0.2) is 91.0 Å². The van der Waals surface area contributed by atoms with Gasteiger partial charge in [-0.1, -0.05) is 91.0 Å². The average molecular weight is 396 g/mol. The van der Waals surface area contributed by atoms with Crippen molar-refractivity contribution < 1.29 is 4.79 Å². The zero-order valence-corrected chi connectivity index (χ0v) is 17.2. The second-order valence-electron chi connectivity index (χ2n) is 7.35. The minimum Gasteiger partial charge on any atom is -0.344 e. The molecule has 1 heterocycles. The number of rotatable bonds is 5. The van der Waals surface area contributed by atoms with Gasteiger partial charge in [-0.2, -0.15) is 0 Å². The molecule has 0 saturated carbocycles. The fraction of sp³-hybridized carbons (Fsp3) is 0.154. The van der Waals surface area contributed by atoms with Crippen LogP contribution in [-0.2, 0) is 7.05 Å². The number of carbonyl (C=O) groups excluding carboxylic acids is 1. The smallest absolute Gasteiger partial charge is 0.270 e. The molecule has 1 amide bonds. The van der Waals surface area contributed by atoms with Crippen LogP contribution in [-0.4, -0.2) is 15.5 Å². The van der Waals surface area contributed by atoms with Crippen molar-refractivity contribution in [2.75, 3.05) is 0 Å². The molecule has 1 aliphatic carbocycles. The van der Waals surface area contributed by atoms with Crippen LogP contribution in [0.25, 0.3) is 16.8 Å². The van der Waals surface area contributed by atoms with E-state index in [0.717, 1.165) is 28.9 Å². The van der Waals surface area contributed by atoms with Crippen molar-refractivity contribution in [2.45, 2.75) is 19.4 Å². The van der Waals surface area contributed by atoms with Gasteiger partial charge >= 0.3 is 0 Å². The second kappa shape index (κ2) is 8.78. The maximum atomic E-state index is 13.4. The third-order valence-electron chi connectivity index (χ3n) is 5.24. The minimum atomic E-state index is -0.139. The van der Waals surface area contributed by atoms with E-state index in [2.05, 4.69) is 23.5 Å². The van der Waals surface area contributed by atoms with Crippen LogP contribution >= 0.6 is 0 Å². The summed E-state index contributed by atoms with van der Waals surface area (Å²) in [5, 5.41) is 3.14. The lowest BCUT2D eigenvalue weighted by atomic mass is 10.1. The Kier molecular flexibility index (Phi) is 5.75. The van der Waals surface area contributed by atoms with Crippen LogP contribution in [0.3, 0.4) is 0 Å². The lowest BCUT2D eigenvalue weighted by Gasteiger charge is -2.15. The summed E-state index contributed by atoms with van der Waals surface area (Å²) in [5.74, 6) is 0.634. The highest BCUT2D eigenvalue weighted by atomic mass is 16.2. The molecular weight excluding hydrogens is 370 g/mol. The van der Waals surface area contributed by atoms with Gasteiger partial charge in [0.15, 0.2) is 0 Å². The minimum absolute atomic E-state index is 0.111. The van der Waals surface area contributed by atoms with E-state index in [1.165, 1.54) is 0 Å². The highest BCUT2D eigenvalue weighted by molar-refractivity contribution is 5.99. The van der Waals surface area contributed by atoms with Crippen molar-refractivity contribution in [1.82, 2.24) is 14.9 Å². The van der Waals surface area contributed by atoms with E-state index in [0.29, 0.717) is 11.4 Å². The largest absolute Gasteiger partial charge is 0.344 e. The van der Waals surface area contributed by atoms with Gasteiger partial charge < -0.3 is 9.88 Å². The van der Waals surface area contributed by atoms with Crippen LogP contribution in [0.2, 0.25) is 0 Å². The average Bonchev–Trinajstić information content (AvgIpc) is 2.94. The van der Waals surface area contributed by atoms with Gasteiger partial charge in [0.2, 0.25) is 0 Å². The molecule has 30 heavy (non-hydrogen) atoms. The Morgan fingerprint density at radius 1 is 1.03 bits per heavy atom. The zero-order valence-electron chi connectivity index (χ0n) is 17.2. The number of amides is 1. The van der Waals surface area contributed by atoms with Gasteiger partial charge in [0.25, 0.3) is 5.91 Å². The normalized spacial score (nSPS) is 14.1.